The van der Waals surface area contributed by atoms with Crippen molar-refractivity contribution in [2.45, 2.75) is 38.6 Å². The van der Waals surface area contributed by atoms with E-state index in [0.717, 1.165) is 32.6 Å². The highest BCUT2D eigenvalue weighted by Crippen LogP contribution is 2.23. The molecule has 1 aromatic carbocycles. The summed E-state index contributed by atoms with van der Waals surface area (Å²) in [5, 5.41) is 0. The third-order valence-corrected chi connectivity index (χ3v) is 4.94. The summed E-state index contributed by atoms with van der Waals surface area (Å²) in [6.07, 6.45) is 1.03. The van der Waals surface area contributed by atoms with Crippen LogP contribution < -0.4 is 5.73 Å². The van der Waals surface area contributed by atoms with Crippen molar-refractivity contribution in [1.82, 2.24) is 9.80 Å². The minimum atomic E-state index is 0.0700. The van der Waals surface area contributed by atoms with E-state index in [0.29, 0.717) is 12.5 Å². The lowest BCUT2D eigenvalue weighted by Gasteiger charge is -2.45. The molecule has 3 heteroatoms. The third kappa shape index (κ3) is 4.06. The second-order valence-electron chi connectivity index (χ2n) is 7.06. The minimum Gasteiger partial charge on any atom is -0.329 e. The van der Waals surface area contributed by atoms with Gasteiger partial charge in [-0.1, -0.05) is 38.1 Å². The van der Waals surface area contributed by atoms with Crippen molar-refractivity contribution in [3.63, 3.8) is 0 Å². The predicted octanol–water partition coefficient (Wildman–Crippen LogP) is 2.32. The van der Waals surface area contributed by atoms with Crippen LogP contribution in [0.1, 0.15) is 37.8 Å². The van der Waals surface area contributed by atoms with Gasteiger partial charge in [-0.25, -0.2) is 0 Å². The molecule has 0 spiro atoms. The van der Waals surface area contributed by atoms with E-state index < -0.39 is 0 Å². The molecule has 118 valence electrons. The number of hydrogen-bond acceptors (Lipinski definition) is 3. The van der Waals surface area contributed by atoms with E-state index in [4.69, 9.17) is 5.73 Å². The molecule has 1 unspecified atom stereocenters. The van der Waals surface area contributed by atoms with Gasteiger partial charge in [-0.15, -0.1) is 0 Å². The average molecular weight is 289 g/mol. The first-order chi connectivity index (χ1) is 9.94. The maximum absolute atomic E-state index is 6.14. The summed E-state index contributed by atoms with van der Waals surface area (Å²) in [5.41, 5.74) is 9.02. The topological polar surface area (TPSA) is 32.5 Å². The average Bonchev–Trinajstić information content (AvgIpc) is 2.48. The van der Waals surface area contributed by atoms with Crippen LogP contribution in [0, 0.1) is 0 Å². The predicted molar refractivity (Wildman–Crippen MR) is 90.8 cm³/mol. The first kappa shape index (κ1) is 16.5. The van der Waals surface area contributed by atoms with Crippen molar-refractivity contribution in [1.29, 1.82) is 0 Å². The van der Waals surface area contributed by atoms with Gasteiger partial charge < -0.3 is 10.6 Å². The van der Waals surface area contributed by atoms with Gasteiger partial charge in [0.15, 0.2) is 0 Å². The highest BCUT2D eigenvalue weighted by Gasteiger charge is 2.32. The number of likely N-dealkylation sites (N-methyl/N-ethyl adjacent to an activating group) is 1. The highest BCUT2D eigenvalue weighted by atomic mass is 15.3. The van der Waals surface area contributed by atoms with Gasteiger partial charge in [0.25, 0.3) is 0 Å². The molecule has 0 bridgehead atoms. The molecular weight excluding hydrogens is 258 g/mol. The van der Waals surface area contributed by atoms with Crippen molar-refractivity contribution in [2.75, 3.05) is 39.8 Å². The molecule has 1 aromatic rings. The zero-order valence-corrected chi connectivity index (χ0v) is 14.1. The Labute approximate surface area is 130 Å². The van der Waals surface area contributed by atoms with Crippen molar-refractivity contribution >= 4 is 0 Å². The SMILES string of the molecule is CC(C)c1ccc(CC(C)(CN)N2CCN(C)CC2)cc1. The van der Waals surface area contributed by atoms with E-state index in [1.165, 1.54) is 11.1 Å². The number of nitrogens with zero attached hydrogens (tertiary/aromatic N) is 2. The number of piperazine rings is 1. The Kier molecular flexibility index (Phi) is 5.42. The van der Waals surface area contributed by atoms with Crippen LogP contribution in [-0.2, 0) is 6.42 Å². The second kappa shape index (κ2) is 6.91. The van der Waals surface area contributed by atoms with Gasteiger partial charge in [0.05, 0.1) is 0 Å². The van der Waals surface area contributed by atoms with Gasteiger partial charge in [-0.05, 0) is 37.4 Å². The minimum absolute atomic E-state index is 0.0700. The number of hydrogen-bond donors (Lipinski definition) is 1. The van der Waals surface area contributed by atoms with Crippen LogP contribution in [0.15, 0.2) is 24.3 Å². The van der Waals surface area contributed by atoms with Gasteiger partial charge >= 0.3 is 0 Å². The quantitative estimate of drug-likeness (QED) is 0.903. The lowest BCUT2D eigenvalue weighted by Crippen LogP contribution is -2.59. The van der Waals surface area contributed by atoms with Crippen LogP contribution in [0.3, 0.4) is 0 Å². The standard InChI is InChI=1S/C18H31N3/c1-15(2)17-7-5-16(6-8-17)13-18(3,14-19)21-11-9-20(4)10-12-21/h5-8,15H,9-14,19H2,1-4H3. The fraction of sp³-hybridized carbons (Fsp3) is 0.667. The van der Waals surface area contributed by atoms with Crippen LogP contribution in [0.2, 0.25) is 0 Å². The molecule has 1 fully saturated rings. The molecule has 0 saturated carbocycles. The van der Waals surface area contributed by atoms with Crippen LogP contribution >= 0.6 is 0 Å². The lowest BCUT2D eigenvalue weighted by molar-refractivity contribution is 0.0560. The Morgan fingerprint density at radius 1 is 1.10 bits per heavy atom. The van der Waals surface area contributed by atoms with E-state index in [-0.39, 0.29) is 5.54 Å². The summed E-state index contributed by atoms with van der Waals surface area (Å²) >= 11 is 0. The summed E-state index contributed by atoms with van der Waals surface area (Å²) in [5.74, 6) is 0.595. The number of benzene rings is 1. The molecule has 1 atom stereocenters. The monoisotopic (exact) mass is 289 g/mol. The molecule has 0 aliphatic carbocycles. The van der Waals surface area contributed by atoms with Crippen molar-refractivity contribution in [3.05, 3.63) is 35.4 Å². The zero-order chi connectivity index (χ0) is 15.5. The van der Waals surface area contributed by atoms with Crippen molar-refractivity contribution < 1.29 is 0 Å². The molecular formula is C18H31N3. The Bertz CT molecular complexity index is 432. The first-order valence-corrected chi connectivity index (χ1v) is 8.17. The molecule has 1 aliphatic rings. The van der Waals surface area contributed by atoms with E-state index in [1.54, 1.807) is 0 Å². The summed E-state index contributed by atoms with van der Waals surface area (Å²) in [6.45, 7) is 12.0. The van der Waals surface area contributed by atoms with E-state index in [2.05, 4.69) is 61.9 Å². The highest BCUT2D eigenvalue weighted by molar-refractivity contribution is 5.26. The van der Waals surface area contributed by atoms with Gasteiger partial charge in [-0.2, -0.15) is 0 Å². The normalized spacial score (nSPS) is 20.7. The Balaban J connectivity index is 2.06. The third-order valence-electron chi connectivity index (χ3n) is 4.94. The smallest absolute Gasteiger partial charge is 0.0344 e. The van der Waals surface area contributed by atoms with Crippen LogP contribution in [-0.4, -0.2) is 55.1 Å². The van der Waals surface area contributed by atoms with E-state index >= 15 is 0 Å². The molecule has 0 radical (unpaired) electrons. The fourth-order valence-corrected chi connectivity index (χ4v) is 3.12. The van der Waals surface area contributed by atoms with Gasteiger partial charge in [-0.3, -0.25) is 4.90 Å². The largest absolute Gasteiger partial charge is 0.329 e. The van der Waals surface area contributed by atoms with Crippen LogP contribution in [0.25, 0.3) is 0 Å². The summed E-state index contributed by atoms with van der Waals surface area (Å²) in [6, 6.07) is 9.08. The molecule has 0 aromatic heterocycles. The van der Waals surface area contributed by atoms with Crippen molar-refractivity contribution in [2.24, 2.45) is 5.73 Å². The molecule has 3 nitrogen and oxygen atoms in total. The second-order valence-corrected chi connectivity index (χ2v) is 7.06. The molecule has 1 aliphatic heterocycles. The molecule has 2 rings (SSSR count). The maximum Gasteiger partial charge on any atom is 0.0344 e. The number of rotatable bonds is 5. The Hall–Kier alpha value is -0.900. The van der Waals surface area contributed by atoms with Gasteiger partial charge in [0.2, 0.25) is 0 Å². The fourth-order valence-electron chi connectivity index (χ4n) is 3.12. The molecule has 21 heavy (non-hydrogen) atoms. The zero-order valence-electron chi connectivity index (χ0n) is 14.1. The Morgan fingerprint density at radius 3 is 2.14 bits per heavy atom. The van der Waals surface area contributed by atoms with Crippen LogP contribution in [0.5, 0.6) is 0 Å². The molecule has 1 heterocycles. The van der Waals surface area contributed by atoms with Crippen LogP contribution in [0.4, 0.5) is 0 Å². The summed E-state index contributed by atoms with van der Waals surface area (Å²) in [7, 11) is 2.20. The summed E-state index contributed by atoms with van der Waals surface area (Å²) in [4.78, 5) is 4.97. The maximum atomic E-state index is 6.14. The molecule has 1 saturated heterocycles. The van der Waals surface area contributed by atoms with Crippen molar-refractivity contribution in [3.8, 4) is 0 Å². The Morgan fingerprint density at radius 2 is 1.67 bits per heavy atom. The molecule has 2 N–H and O–H groups in total. The van der Waals surface area contributed by atoms with E-state index in [9.17, 15) is 0 Å². The lowest BCUT2D eigenvalue weighted by atomic mass is 9.89. The first-order valence-electron chi connectivity index (χ1n) is 8.17. The summed E-state index contributed by atoms with van der Waals surface area (Å²) < 4.78 is 0. The van der Waals surface area contributed by atoms with Gasteiger partial charge in [0, 0.05) is 38.3 Å². The van der Waals surface area contributed by atoms with E-state index in [1.807, 2.05) is 0 Å². The van der Waals surface area contributed by atoms with Gasteiger partial charge in [0.1, 0.15) is 0 Å². The number of nitrogens with two attached hydrogens (primary N) is 1. The molecule has 0 amide bonds.